The predicted octanol–water partition coefficient (Wildman–Crippen LogP) is 0.103. The molecule has 0 amide bonds. The Morgan fingerprint density at radius 1 is 1.38 bits per heavy atom. The zero-order valence-corrected chi connectivity index (χ0v) is 11.0. The number of sulfone groups is 1. The lowest BCUT2D eigenvalue weighted by atomic mass is 10.0. The van der Waals surface area contributed by atoms with E-state index < -0.39 is 9.84 Å². The molecule has 2 heterocycles. The van der Waals surface area contributed by atoms with Gasteiger partial charge in [-0.25, -0.2) is 8.42 Å². The number of nitrogens with zero attached hydrogens (tertiary/aromatic N) is 1. The molecular formula is C11H22N2O2S. The Kier molecular flexibility index (Phi) is 3.56. The molecule has 0 radical (unpaired) electrons. The minimum atomic E-state index is -2.77. The lowest BCUT2D eigenvalue weighted by Crippen LogP contribution is -2.51. The van der Waals surface area contributed by atoms with Gasteiger partial charge in [0.15, 0.2) is 9.84 Å². The summed E-state index contributed by atoms with van der Waals surface area (Å²) in [4.78, 5) is 2.32. The fourth-order valence-electron chi connectivity index (χ4n) is 2.70. The van der Waals surface area contributed by atoms with Gasteiger partial charge in [0.2, 0.25) is 0 Å². The maximum Gasteiger partial charge on any atom is 0.153 e. The normalized spacial score (nSPS) is 40.0. The van der Waals surface area contributed by atoms with Gasteiger partial charge >= 0.3 is 0 Å². The third-order valence-corrected chi connectivity index (χ3v) is 5.73. The second-order valence-electron chi connectivity index (χ2n) is 5.28. The van der Waals surface area contributed by atoms with Gasteiger partial charge in [0.05, 0.1) is 11.5 Å². The Morgan fingerprint density at radius 2 is 2.12 bits per heavy atom. The summed E-state index contributed by atoms with van der Waals surface area (Å²) in [5.41, 5.74) is 0. The van der Waals surface area contributed by atoms with E-state index in [1.54, 1.807) is 0 Å². The summed E-state index contributed by atoms with van der Waals surface area (Å²) in [5.74, 6) is 1.37. The smallest absolute Gasteiger partial charge is 0.153 e. The van der Waals surface area contributed by atoms with Crippen molar-refractivity contribution in [1.82, 2.24) is 10.2 Å². The SMILES string of the molecule is CC1CCNC1CN1CCS(=O)(=O)CC1C. The molecule has 0 aromatic rings. The fraction of sp³-hybridized carbons (Fsp3) is 1.00. The highest BCUT2D eigenvalue weighted by Crippen LogP contribution is 2.18. The van der Waals surface area contributed by atoms with E-state index in [4.69, 9.17) is 0 Å². The monoisotopic (exact) mass is 246 g/mol. The van der Waals surface area contributed by atoms with Crippen LogP contribution in [0.5, 0.6) is 0 Å². The molecule has 16 heavy (non-hydrogen) atoms. The van der Waals surface area contributed by atoms with Crippen LogP contribution in [0, 0.1) is 5.92 Å². The predicted molar refractivity (Wildman–Crippen MR) is 65.3 cm³/mol. The molecule has 5 heteroatoms. The van der Waals surface area contributed by atoms with Crippen LogP contribution >= 0.6 is 0 Å². The lowest BCUT2D eigenvalue weighted by molar-refractivity contribution is 0.195. The summed E-state index contributed by atoms with van der Waals surface area (Å²) in [6.07, 6.45) is 1.24. The summed E-state index contributed by atoms with van der Waals surface area (Å²) in [5, 5.41) is 3.50. The zero-order valence-electron chi connectivity index (χ0n) is 10.1. The van der Waals surface area contributed by atoms with Gasteiger partial charge in [-0.2, -0.15) is 0 Å². The molecule has 0 bridgehead atoms. The number of rotatable bonds is 2. The second-order valence-corrected chi connectivity index (χ2v) is 7.51. The van der Waals surface area contributed by atoms with Crippen LogP contribution in [0.25, 0.3) is 0 Å². The van der Waals surface area contributed by atoms with Gasteiger partial charge < -0.3 is 5.32 Å². The highest BCUT2D eigenvalue weighted by molar-refractivity contribution is 7.91. The average molecular weight is 246 g/mol. The summed E-state index contributed by atoms with van der Waals surface area (Å²) in [6.45, 7) is 7.10. The van der Waals surface area contributed by atoms with E-state index in [0.717, 1.165) is 13.1 Å². The minimum Gasteiger partial charge on any atom is -0.312 e. The first kappa shape index (κ1) is 12.3. The van der Waals surface area contributed by atoms with E-state index >= 15 is 0 Å². The van der Waals surface area contributed by atoms with Crippen LogP contribution in [0.3, 0.4) is 0 Å². The van der Waals surface area contributed by atoms with Crippen molar-refractivity contribution in [3.63, 3.8) is 0 Å². The maximum absolute atomic E-state index is 11.5. The number of nitrogens with one attached hydrogen (secondary N) is 1. The van der Waals surface area contributed by atoms with Crippen LogP contribution in [-0.4, -0.2) is 56.5 Å². The third kappa shape index (κ3) is 2.76. The van der Waals surface area contributed by atoms with Crippen LogP contribution < -0.4 is 5.32 Å². The van der Waals surface area contributed by atoms with Gasteiger partial charge in [-0.3, -0.25) is 4.90 Å². The van der Waals surface area contributed by atoms with Crippen molar-refractivity contribution in [3.05, 3.63) is 0 Å². The van der Waals surface area contributed by atoms with E-state index in [1.807, 2.05) is 6.92 Å². The van der Waals surface area contributed by atoms with E-state index in [1.165, 1.54) is 6.42 Å². The number of hydrogen-bond acceptors (Lipinski definition) is 4. The van der Waals surface area contributed by atoms with Crippen molar-refractivity contribution in [3.8, 4) is 0 Å². The highest BCUT2D eigenvalue weighted by atomic mass is 32.2. The molecule has 0 saturated carbocycles. The Morgan fingerprint density at radius 3 is 2.69 bits per heavy atom. The number of hydrogen-bond donors (Lipinski definition) is 1. The first-order valence-corrected chi connectivity index (χ1v) is 7.98. The molecule has 94 valence electrons. The van der Waals surface area contributed by atoms with Gasteiger partial charge in [0.1, 0.15) is 0 Å². The standard InChI is InChI=1S/C11H22N2O2S/c1-9-3-4-12-11(9)7-13-5-6-16(14,15)8-10(13)2/h9-12H,3-8H2,1-2H3. The van der Waals surface area contributed by atoms with Gasteiger partial charge in [-0.15, -0.1) is 0 Å². The molecular weight excluding hydrogens is 224 g/mol. The van der Waals surface area contributed by atoms with Crippen molar-refractivity contribution in [2.75, 3.05) is 31.1 Å². The maximum atomic E-state index is 11.5. The highest BCUT2D eigenvalue weighted by Gasteiger charge is 2.32. The Balaban J connectivity index is 1.91. The molecule has 0 aliphatic carbocycles. The first-order chi connectivity index (χ1) is 7.48. The summed E-state index contributed by atoms with van der Waals surface area (Å²) < 4.78 is 22.9. The molecule has 3 unspecified atom stereocenters. The molecule has 0 aromatic heterocycles. The van der Waals surface area contributed by atoms with Gasteiger partial charge in [0.25, 0.3) is 0 Å². The van der Waals surface area contributed by atoms with Crippen LogP contribution in [0.1, 0.15) is 20.3 Å². The van der Waals surface area contributed by atoms with Crippen molar-refractivity contribution in [2.24, 2.45) is 5.92 Å². The van der Waals surface area contributed by atoms with E-state index in [-0.39, 0.29) is 6.04 Å². The molecule has 2 aliphatic heterocycles. The molecule has 2 saturated heterocycles. The van der Waals surface area contributed by atoms with Crippen molar-refractivity contribution in [1.29, 1.82) is 0 Å². The molecule has 2 aliphatic rings. The zero-order chi connectivity index (χ0) is 11.8. The van der Waals surface area contributed by atoms with Crippen LogP contribution in [0.4, 0.5) is 0 Å². The van der Waals surface area contributed by atoms with Crippen molar-refractivity contribution >= 4 is 9.84 Å². The topological polar surface area (TPSA) is 49.4 Å². The largest absolute Gasteiger partial charge is 0.312 e. The van der Waals surface area contributed by atoms with E-state index in [0.29, 0.717) is 30.0 Å². The Hall–Kier alpha value is -0.130. The van der Waals surface area contributed by atoms with Gasteiger partial charge in [-0.05, 0) is 25.8 Å². The first-order valence-electron chi connectivity index (χ1n) is 6.16. The molecule has 0 aromatic carbocycles. The Labute approximate surface area is 98.3 Å². The molecule has 4 nitrogen and oxygen atoms in total. The van der Waals surface area contributed by atoms with Gasteiger partial charge in [0, 0.05) is 25.2 Å². The quantitative estimate of drug-likeness (QED) is 0.751. The molecule has 1 N–H and O–H groups in total. The van der Waals surface area contributed by atoms with E-state index in [2.05, 4.69) is 17.1 Å². The minimum absolute atomic E-state index is 0.174. The molecule has 2 rings (SSSR count). The van der Waals surface area contributed by atoms with Gasteiger partial charge in [-0.1, -0.05) is 6.92 Å². The van der Waals surface area contributed by atoms with Crippen molar-refractivity contribution < 1.29 is 8.42 Å². The fourth-order valence-corrected chi connectivity index (χ4v) is 4.33. The molecule has 3 atom stereocenters. The van der Waals surface area contributed by atoms with Crippen LogP contribution in [0.2, 0.25) is 0 Å². The van der Waals surface area contributed by atoms with E-state index in [9.17, 15) is 8.42 Å². The van der Waals surface area contributed by atoms with Crippen LogP contribution in [-0.2, 0) is 9.84 Å². The van der Waals surface area contributed by atoms with Crippen LogP contribution in [0.15, 0.2) is 0 Å². The summed E-state index contributed by atoms with van der Waals surface area (Å²) in [6, 6.07) is 0.719. The average Bonchev–Trinajstić information content (AvgIpc) is 2.56. The summed E-state index contributed by atoms with van der Waals surface area (Å²) in [7, 11) is -2.77. The second kappa shape index (κ2) is 4.63. The Bertz CT molecular complexity index is 342. The van der Waals surface area contributed by atoms with Crippen molar-refractivity contribution in [2.45, 2.75) is 32.4 Å². The molecule has 2 fully saturated rings. The molecule has 0 spiro atoms. The summed E-state index contributed by atoms with van der Waals surface area (Å²) >= 11 is 0. The third-order valence-electron chi connectivity index (χ3n) is 3.93. The lowest BCUT2D eigenvalue weighted by Gasteiger charge is -2.35.